The van der Waals surface area contributed by atoms with Gasteiger partial charge in [-0.1, -0.05) is 31.9 Å². The Hall–Kier alpha value is -2.52. The van der Waals surface area contributed by atoms with E-state index in [9.17, 15) is 18.0 Å². The van der Waals surface area contributed by atoms with E-state index < -0.39 is 34.5 Å². The highest BCUT2D eigenvalue weighted by atomic mass is 32.2. The van der Waals surface area contributed by atoms with E-state index in [2.05, 4.69) is 19.8 Å². The van der Waals surface area contributed by atoms with Crippen molar-refractivity contribution in [3.8, 4) is 0 Å². The number of esters is 1. The number of nitrogens with one attached hydrogen (secondary N) is 2. The van der Waals surface area contributed by atoms with Crippen LogP contribution in [0, 0.1) is 0 Å². The van der Waals surface area contributed by atoms with Gasteiger partial charge in [-0.25, -0.2) is 17.9 Å². The van der Waals surface area contributed by atoms with Crippen LogP contribution in [0.25, 0.3) is 10.8 Å². The molecule has 0 bridgehead atoms. The molecule has 0 fully saturated rings. The van der Waals surface area contributed by atoms with E-state index in [0.717, 1.165) is 12.8 Å². The Balaban J connectivity index is 2.07. The van der Waals surface area contributed by atoms with Gasteiger partial charge < -0.3 is 10.1 Å². The Morgan fingerprint density at radius 2 is 2.04 bits per heavy atom. The molecule has 146 valence electrons. The van der Waals surface area contributed by atoms with Crippen molar-refractivity contribution >= 4 is 32.7 Å². The molecule has 2 rings (SSSR count). The summed E-state index contributed by atoms with van der Waals surface area (Å²) in [5, 5.41) is 3.70. The monoisotopic (exact) mass is 393 g/mol. The molecule has 1 atom stereocenters. The number of benzene rings is 1. The van der Waals surface area contributed by atoms with Crippen molar-refractivity contribution in [1.82, 2.24) is 15.0 Å². The van der Waals surface area contributed by atoms with Crippen LogP contribution in [0.2, 0.25) is 0 Å². The van der Waals surface area contributed by atoms with Crippen LogP contribution in [0.15, 0.2) is 41.6 Å². The summed E-state index contributed by atoms with van der Waals surface area (Å²) in [5.74, 6) is -1.16. The molecule has 0 saturated carbocycles. The first kappa shape index (κ1) is 20.8. The fraction of sp³-hybridized carbons (Fsp3) is 0.389. The zero-order valence-electron chi connectivity index (χ0n) is 15.3. The van der Waals surface area contributed by atoms with Gasteiger partial charge >= 0.3 is 5.97 Å². The van der Waals surface area contributed by atoms with Gasteiger partial charge in [-0.3, -0.25) is 9.78 Å². The summed E-state index contributed by atoms with van der Waals surface area (Å²) >= 11 is 0. The molecule has 1 aromatic carbocycles. The van der Waals surface area contributed by atoms with Crippen LogP contribution >= 0.6 is 0 Å². The Morgan fingerprint density at radius 3 is 2.74 bits per heavy atom. The molecule has 0 spiro atoms. The van der Waals surface area contributed by atoms with Crippen molar-refractivity contribution in [1.29, 1.82) is 0 Å². The van der Waals surface area contributed by atoms with Crippen molar-refractivity contribution in [3.63, 3.8) is 0 Å². The molecule has 0 aliphatic heterocycles. The van der Waals surface area contributed by atoms with Crippen molar-refractivity contribution in [2.75, 3.05) is 13.7 Å². The van der Waals surface area contributed by atoms with Crippen LogP contribution in [-0.2, 0) is 24.3 Å². The maximum absolute atomic E-state index is 12.6. The van der Waals surface area contributed by atoms with Crippen LogP contribution in [0.5, 0.6) is 0 Å². The summed E-state index contributed by atoms with van der Waals surface area (Å²) in [5.41, 5.74) is 0. The van der Waals surface area contributed by atoms with Gasteiger partial charge in [-0.2, -0.15) is 0 Å². The SMILES string of the molecule is CCCCC(NC(=O)CNS(=O)(=O)c1cccc2cnccc12)C(=O)OC. The third-order valence-electron chi connectivity index (χ3n) is 4.02. The smallest absolute Gasteiger partial charge is 0.328 e. The Labute approximate surface area is 158 Å². The van der Waals surface area contributed by atoms with E-state index in [1.165, 1.54) is 19.4 Å². The van der Waals surface area contributed by atoms with E-state index in [4.69, 9.17) is 0 Å². The Morgan fingerprint density at radius 1 is 1.26 bits per heavy atom. The van der Waals surface area contributed by atoms with Gasteiger partial charge in [-0.05, 0) is 18.6 Å². The van der Waals surface area contributed by atoms with Crippen LogP contribution in [0.4, 0.5) is 0 Å². The molecule has 2 aromatic rings. The molecule has 1 amide bonds. The Bertz CT molecular complexity index is 909. The lowest BCUT2D eigenvalue weighted by Gasteiger charge is -2.16. The van der Waals surface area contributed by atoms with Gasteiger partial charge in [0, 0.05) is 23.2 Å². The second-order valence-corrected chi connectivity index (χ2v) is 7.70. The van der Waals surface area contributed by atoms with Gasteiger partial charge in [0.25, 0.3) is 0 Å². The molecule has 27 heavy (non-hydrogen) atoms. The molecular weight excluding hydrogens is 370 g/mol. The standard InChI is InChI=1S/C18H23N3O5S/c1-3-4-7-15(18(23)26-2)21-17(22)12-20-27(24,25)16-8-5-6-13-11-19-10-9-14(13)16/h5-6,8-11,15,20H,3-4,7,12H2,1-2H3,(H,21,22). The summed E-state index contributed by atoms with van der Waals surface area (Å²) < 4.78 is 32.1. The predicted octanol–water partition coefficient (Wildman–Crippen LogP) is 1.36. The van der Waals surface area contributed by atoms with E-state index in [0.29, 0.717) is 17.2 Å². The Kier molecular flexibility index (Phi) is 7.26. The maximum Gasteiger partial charge on any atom is 0.328 e. The molecule has 2 N–H and O–H groups in total. The van der Waals surface area contributed by atoms with Crippen LogP contribution in [-0.4, -0.2) is 45.0 Å². The molecule has 1 aromatic heterocycles. The number of carbonyl (C=O) groups excluding carboxylic acids is 2. The van der Waals surface area contributed by atoms with Gasteiger partial charge in [0.1, 0.15) is 6.04 Å². The third-order valence-corrected chi connectivity index (χ3v) is 5.48. The lowest BCUT2D eigenvalue weighted by Crippen LogP contribution is -2.45. The minimum absolute atomic E-state index is 0.0608. The molecule has 8 nitrogen and oxygen atoms in total. The first-order valence-electron chi connectivity index (χ1n) is 8.58. The highest BCUT2D eigenvalue weighted by Gasteiger charge is 2.23. The van der Waals surface area contributed by atoms with Crippen molar-refractivity contribution in [3.05, 3.63) is 36.7 Å². The number of sulfonamides is 1. The fourth-order valence-electron chi connectivity index (χ4n) is 2.61. The number of hydrogen-bond donors (Lipinski definition) is 2. The number of ether oxygens (including phenoxy) is 1. The highest BCUT2D eigenvalue weighted by Crippen LogP contribution is 2.21. The molecule has 0 aliphatic rings. The quantitative estimate of drug-likeness (QED) is 0.622. The number of aromatic nitrogens is 1. The number of pyridine rings is 1. The second kappa shape index (κ2) is 9.43. The number of carbonyl (C=O) groups is 2. The molecule has 1 heterocycles. The minimum Gasteiger partial charge on any atom is -0.467 e. The number of methoxy groups -OCH3 is 1. The molecule has 0 aliphatic carbocycles. The lowest BCUT2D eigenvalue weighted by atomic mass is 10.1. The van der Waals surface area contributed by atoms with E-state index in [1.807, 2.05) is 6.92 Å². The number of hydrogen-bond acceptors (Lipinski definition) is 6. The van der Waals surface area contributed by atoms with Crippen LogP contribution in [0.3, 0.4) is 0 Å². The first-order valence-corrected chi connectivity index (χ1v) is 10.1. The zero-order valence-corrected chi connectivity index (χ0v) is 16.1. The average Bonchev–Trinajstić information content (AvgIpc) is 2.68. The predicted molar refractivity (Wildman–Crippen MR) is 100 cm³/mol. The number of fused-ring (bicyclic) bond motifs is 1. The largest absolute Gasteiger partial charge is 0.467 e. The van der Waals surface area contributed by atoms with E-state index >= 15 is 0 Å². The summed E-state index contributed by atoms with van der Waals surface area (Å²) in [7, 11) is -2.67. The molecule has 1 unspecified atom stereocenters. The van der Waals surface area contributed by atoms with Crippen molar-refractivity contribution in [2.45, 2.75) is 37.1 Å². The normalized spacial score (nSPS) is 12.5. The fourth-order valence-corrected chi connectivity index (χ4v) is 3.82. The van der Waals surface area contributed by atoms with Gasteiger partial charge in [-0.15, -0.1) is 0 Å². The molecule has 0 saturated heterocycles. The summed E-state index contributed by atoms with van der Waals surface area (Å²) in [6.07, 6.45) is 5.08. The van der Waals surface area contributed by atoms with E-state index in [1.54, 1.807) is 24.4 Å². The van der Waals surface area contributed by atoms with Crippen molar-refractivity contribution in [2.24, 2.45) is 0 Å². The van der Waals surface area contributed by atoms with Gasteiger partial charge in [0.2, 0.25) is 15.9 Å². The molecule has 9 heteroatoms. The average molecular weight is 393 g/mol. The third kappa shape index (κ3) is 5.48. The molecular formula is C18H23N3O5S. The van der Waals surface area contributed by atoms with Gasteiger partial charge in [0.15, 0.2) is 0 Å². The second-order valence-electron chi connectivity index (χ2n) is 5.96. The maximum atomic E-state index is 12.6. The lowest BCUT2D eigenvalue weighted by molar-refractivity contribution is -0.145. The summed E-state index contributed by atoms with van der Waals surface area (Å²) in [6, 6.07) is 5.62. The van der Waals surface area contributed by atoms with Crippen molar-refractivity contribution < 1.29 is 22.7 Å². The highest BCUT2D eigenvalue weighted by molar-refractivity contribution is 7.89. The number of nitrogens with zero attached hydrogens (tertiary/aromatic N) is 1. The summed E-state index contributed by atoms with van der Waals surface area (Å²) in [6.45, 7) is 1.48. The first-order chi connectivity index (χ1) is 12.9. The minimum atomic E-state index is -3.92. The van der Waals surface area contributed by atoms with Gasteiger partial charge in [0.05, 0.1) is 18.6 Å². The zero-order chi connectivity index (χ0) is 19.9. The number of unbranched alkanes of at least 4 members (excludes halogenated alkanes) is 1. The molecule has 0 radical (unpaired) electrons. The number of amides is 1. The van der Waals surface area contributed by atoms with E-state index in [-0.39, 0.29) is 4.90 Å². The topological polar surface area (TPSA) is 114 Å². The number of rotatable bonds is 9. The van der Waals surface area contributed by atoms with Crippen LogP contribution in [0.1, 0.15) is 26.2 Å². The van der Waals surface area contributed by atoms with Crippen LogP contribution < -0.4 is 10.0 Å². The summed E-state index contributed by atoms with van der Waals surface area (Å²) in [4.78, 5) is 27.9.